The summed E-state index contributed by atoms with van der Waals surface area (Å²) in [5, 5.41) is 0. The van der Waals surface area contributed by atoms with Crippen LogP contribution in [0.1, 0.15) is 49.9 Å². The average Bonchev–Trinajstić information content (AvgIpc) is 3.01. The molecule has 236 valence electrons. The summed E-state index contributed by atoms with van der Waals surface area (Å²) in [5.41, 5.74) is 3.79. The quantitative estimate of drug-likeness (QED) is 0.0780. The summed E-state index contributed by atoms with van der Waals surface area (Å²) < 4.78 is 33.3. The lowest BCUT2D eigenvalue weighted by Crippen LogP contribution is -2.13. The Hall–Kier alpha value is -4.88. The van der Waals surface area contributed by atoms with Crippen molar-refractivity contribution in [3.63, 3.8) is 0 Å². The van der Waals surface area contributed by atoms with E-state index in [4.69, 9.17) is 28.4 Å². The van der Waals surface area contributed by atoms with Crippen molar-refractivity contribution in [3.05, 3.63) is 107 Å². The largest absolute Gasteiger partial charge is 0.519 e. The highest BCUT2D eigenvalue weighted by atomic mass is 35.5. The first kappa shape index (κ1) is 34.6. The molecule has 0 heterocycles. The number of hydrogen-bond acceptors (Lipinski definition) is 7. The number of rotatable bonds is 14. The van der Waals surface area contributed by atoms with Crippen molar-refractivity contribution in [2.24, 2.45) is 0 Å². The summed E-state index contributed by atoms with van der Waals surface area (Å²) in [5.74, 6) is 3.78. The summed E-state index contributed by atoms with van der Waals surface area (Å²) in [6.45, 7) is 10.1. The number of benzene rings is 4. The van der Waals surface area contributed by atoms with E-state index in [-0.39, 0.29) is 12.4 Å². The van der Waals surface area contributed by atoms with Gasteiger partial charge in [-0.1, -0.05) is 48.6 Å². The van der Waals surface area contributed by atoms with E-state index in [1.165, 1.54) is 0 Å². The highest BCUT2D eigenvalue weighted by molar-refractivity contribution is 5.85. The Balaban J connectivity index is 0.00000552. The third-order valence-corrected chi connectivity index (χ3v) is 6.15. The monoisotopic (exact) mass is 630 g/mol. The van der Waals surface area contributed by atoms with Crippen LogP contribution in [0.4, 0.5) is 4.79 Å². The summed E-state index contributed by atoms with van der Waals surface area (Å²) in [6, 6.07) is 25.9. The third-order valence-electron chi connectivity index (χ3n) is 6.15. The fourth-order valence-electron chi connectivity index (χ4n) is 4.27. The van der Waals surface area contributed by atoms with Gasteiger partial charge in [0, 0.05) is 12.1 Å². The molecule has 0 atom stereocenters. The first-order chi connectivity index (χ1) is 21.5. The summed E-state index contributed by atoms with van der Waals surface area (Å²) >= 11 is 0. The van der Waals surface area contributed by atoms with Gasteiger partial charge in [-0.25, -0.2) is 4.79 Å². The zero-order valence-electron chi connectivity index (χ0n) is 26.0. The summed E-state index contributed by atoms with van der Waals surface area (Å²) in [6.07, 6.45) is 7.07. The van der Waals surface area contributed by atoms with Crippen LogP contribution in [0, 0.1) is 0 Å². The molecule has 0 saturated carbocycles. The molecule has 0 N–H and O–H groups in total. The Morgan fingerprint density at radius 3 is 1.02 bits per heavy atom. The highest BCUT2D eigenvalue weighted by Gasteiger charge is 2.08. The van der Waals surface area contributed by atoms with Gasteiger partial charge in [-0.05, 0) is 98.5 Å². The first-order valence-electron chi connectivity index (χ1n) is 14.7. The second kappa shape index (κ2) is 18.0. The smallest absolute Gasteiger partial charge is 0.494 e. The molecule has 4 aromatic rings. The molecule has 0 aliphatic heterocycles. The molecule has 8 heteroatoms. The molecule has 0 amide bonds. The SMILES string of the molecule is CCOc1cc(C=Cc2ccc(OC(=O)Oc3ccc(C=Cc4cc(OCC)cc(OCC)c4)cc3)cc2)cc(OCC)c1.Cl. The first-order valence-corrected chi connectivity index (χ1v) is 14.7. The van der Waals surface area contributed by atoms with Gasteiger partial charge >= 0.3 is 6.16 Å². The number of hydrogen-bond donors (Lipinski definition) is 0. The summed E-state index contributed by atoms with van der Waals surface area (Å²) in [4.78, 5) is 12.4. The maximum Gasteiger partial charge on any atom is 0.519 e. The maximum absolute atomic E-state index is 12.4. The molecule has 0 spiro atoms. The minimum absolute atomic E-state index is 0. The van der Waals surface area contributed by atoms with Gasteiger partial charge in [0.05, 0.1) is 26.4 Å². The van der Waals surface area contributed by atoms with Crippen LogP contribution >= 0.6 is 12.4 Å². The van der Waals surface area contributed by atoms with Gasteiger partial charge < -0.3 is 28.4 Å². The Morgan fingerprint density at radius 2 is 0.733 bits per heavy atom. The van der Waals surface area contributed by atoms with Crippen LogP contribution < -0.4 is 28.4 Å². The Kier molecular flexibility index (Phi) is 13.9. The Morgan fingerprint density at radius 1 is 0.444 bits per heavy atom. The average molecular weight is 631 g/mol. The van der Waals surface area contributed by atoms with E-state index >= 15 is 0 Å². The third kappa shape index (κ3) is 11.3. The van der Waals surface area contributed by atoms with Crippen LogP contribution in [0.15, 0.2) is 84.9 Å². The lowest BCUT2D eigenvalue weighted by Gasteiger charge is -2.09. The number of halogens is 1. The predicted octanol–water partition coefficient (Wildman–Crippen LogP) is 9.62. The van der Waals surface area contributed by atoms with Crippen LogP contribution in [0.5, 0.6) is 34.5 Å². The predicted molar refractivity (Wildman–Crippen MR) is 182 cm³/mol. The van der Waals surface area contributed by atoms with Crippen LogP contribution in [0.25, 0.3) is 24.3 Å². The highest BCUT2D eigenvalue weighted by Crippen LogP contribution is 2.26. The number of ether oxygens (including phenoxy) is 6. The van der Waals surface area contributed by atoms with E-state index < -0.39 is 6.16 Å². The van der Waals surface area contributed by atoms with Crippen molar-refractivity contribution in [2.75, 3.05) is 26.4 Å². The molecule has 7 nitrogen and oxygen atoms in total. The second-order valence-electron chi connectivity index (χ2n) is 9.47. The molecule has 0 saturated heterocycles. The number of carbonyl (C=O) groups excluding carboxylic acids is 1. The number of carbonyl (C=O) groups is 1. The van der Waals surface area contributed by atoms with Gasteiger partial charge in [0.15, 0.2) is 0 Å². The molecule has 0 bridgehead atoms. The van der Waals surface area contributed by atoms with Gasteiger partial charge in [0.25, 0.3) is 0 Å². The molecule has 0 aliphatic rings. The van der Waals surface area contributed by atoms with Crippen molar-refractivity contribution in [3.8, 4) is 34.5 Å². The van der Waals surface area contributed by atoms with Crippen molar-refractivity contribution < 1.29 is 33.2 Å². The van der Waals surface area contributed by atoms with Crippen LogP contribution in [-0.2, 0) is 0 Å². The van der Waals surface area contributed by atoms with Gasteiger partial charge in [-0.2, -0.15) is 0 Å². The van der Waals surface area contributed by atoms with Crippen molar-refractivity contribution >= 4 is 42.9 Å². The molecule has 0 radical (unpaired) electrons. The second-order valence-corrected chi connectivity index (χ2v) is 9.47. The Bertz CT molecular complexity index is 1400. The zero-order chi connectivity index (χ0) is 31.1. The minimum atomic E-state index is -0.816. The van der Waals surface area contributed by atoms with E-state index in [0.29, 0.717) is 37.9 Å². The molecular formula is C37H39ClO7. The summed E-state index contributed by atoms with van der Waals surface area (Å²) in [7, 11) is 0. The normalized spacial score (nSPS) is 10.8. The van der Waals surface area contributed by atoms with Crippen LogP contribution in [-0.4, -0.2) is 32.6 Å². The molecule has 0 unspecified atom stereocenters. The van der Waals surface area contributed by atoms with Gasteiger partial charge in [0.2, 0.25) is 0 Å². The molecule has 4 aromatic carbocycles. The standard InChI is InChI=1S/C37H38O7.ClH/c1-5-39-33-21-29(22-34(25-33)40-6-2)11-9-27-13-17-31(18-14-27)43-37(38)44-32-19-15-28(16-20-32)10-12-30-23-35(41-7-3)26-36(24-30)42-8-4;/h9-26H,5-8H2,1-4H3;1H. The topological polar surface area (TPSA) is 72.5 Å². The molecule has 0 aliphatic carbocycles. The maximum atomic E-state index is 12.4. The van der Waals surface area contributed by atoms with Crippen LogP contribution in [0.2, 0.25) is 0 Å². The molecule has 0 aromatic heterocycles. The zero-order valence-corrected chi connectivity index (χ0v) is 26.8. The van der Waals surface area contributed by atoms with E-state index in [1.54, 1.807) is 24.3 Å². The van der Waals surface area contributed by atoms with Crippen molar-refractivity contribution in [1.29, 1.82) is 0 Å². The Labute approximate surface area is 271 Å². The molecule has 45 heavy (non-hydrogen) atoms. The van der Waals surface area contributed by atoms with Crippen molar-refractivity contribution in [2.45, 2.75) is 27.7 Å². The lowest BCUT2D eigenvalue weighted by atomic mass is 10.1. The van der Waals surface area contributed by atoms with Crippen LogP contribution in [0.3, 0.4) is 0 Å². The molecule has 0 fully saturated rings. The van der Waals surface area contributed by atoms with E-state index in [9.17, 15) is 4.79 Å². The molecule has 4 rings (SSSR count). The van der Waals surface area contributed by atoms with E-state index in [2.05, 4.69) is 0 Å². The van der Waals surface area contributed by atoms with E-state index in [1.807, 2.05) is 113 Å². The van der Waals surface area contributed by atoms with E-state index in [0.717, 1.165) is 45.3 Å². The van der Waals surface area contributed by atoms with Crippen molar-refractivity contribution in [1.82, 2.24) is 0 Å². The lowest BCUT2D eigenvalue weighted by molar-refractivity contribution is 0.152. The minimum Gasteiger partial charge on any atom is -0.494 e. The van der Waals surface area contributed by atoms with Gasteiger partial charge in [-0.3, -0.25) is 0 Å². The molecular weight excluding hydrogens is 592 g/mol. The fourth-order valence-corrected chi connectivity index (χ4v) is 4.27. The van der Waals surface area contributed by atoms with Gasteiger partial charge in [-0.15, -0.1) is 12.4 Å². The van der Waals surface area contributed by atoms with Gasteiger partial charge in [0.1, 0.15) is 34.5 Å². The fraction of sp³-hybridized carbons (Fsp3) is 0.216.